The van der Waals surface area contributed by atoms with Gasteiger partial charge in [-0.25, -0.2) is 0 Å². The quantitative estimate of drug-likeness (QED) is 0.929. The first kappa shape index (κ1) is 13.9. The molecule has 20 heavy (non-hydrogen) atoms. The van der Waals surface area contributed by atoms with Crippen LogP contribution in [0.1, 0.15) is 37.8 Å². The van der Waals surface area contributed by atoms with Crippen molar-refractivity contribution in [1.82, 2.24) is 10.2 Å². The summed E-state index contributed by atoms with van der Waals surface area (Å²) in [5, 5.41) is 4.25. The average molecular weight is 293 g/mol. The van der Waals surface area contributed by atoms with Gasteiger partial charge in [0, 0.05) is 24.2 Å². The van der Waals surface area contributed by atoms with Crippen molar-refractivity contribution < 1.29 is 4.79 Å². The van der Waals surface area contributed by atoms with Crippen LogP contribution in [-0.2, 0) is 4.79 Å². The minimum atomic E-state index is 0.0559. The predicted molar refractivity (Wildman–Crippen MR) is 80.7 cm³/mol. The molecule has 3 nitrogen and oxygen atoms in total. The van der Waals surface area contributed by atoms with Crippen molar-refractivity contribution >= 4 is 17.5 Å². The zero-order valence-corrected chi connectivity index (χ0v) is 12.7. The Kier molecular flexibility index (Phi) is 3.74. The average Bonchev–Trinajstić information content (AvgIpc) is 3.07. The Bertz CT molecular complexity index is 519. The van der Waals surface area contributed by atoms with Crippen LogP contribution in [0.3, 0.4) is 0 Å². The molecule has 0 saturated carbocycles. The molecule has 2 fully saturated rings. The maximum atomic E-state index is 12.7. The molecular formula is C16H21ClN2O. The molecule has 1 N–H and O–H groups in total. The molecule has 1 aromatic carbocycles. The lowest BCUT2D eigenvalue weighted by molar-refractivity contribution is -0.136. The largest absolute Gasteiger partial charge is 0.339 e. The number of nitrogens with one attached hydrogen (secondary N) is 1. The molecule has 2 bridgehead atoms. The van der Waals surface area contributed by atoms with Crippen molar-refractivity contribution in [2.75, 3.05) is 7.05 Å². The lowest BCUT2D eigenvalue weighted by Gasteiger charge is -2.30. The highest BCUT2D eigenvalue weighted by atomic mass is 35.5. The summed E-state index contributed by atoms with van der Waals surface area (Å²) in [6, 6.07) is 8.77. The molecule has 0 radical (unpaired) electrons. The Hall–Kier alpha value is -1.06. The Morgan fingerprint density at radius 1 is 1.45 bits per heavy atom. The highest BCUT2D eigenvalue weighted by molar-refractivity contribution is 6.30. The molecule has 4 unspecified atom stereocenters. The lowest BCUT2D eigenvalue weighted by atomic mass is 9.87. The van der Waals surface area contributed by atoms with Crippen LogP contribution in [0.15, 0.2) is 24.3 Å². The van der Waals surface area contributed by atoms with Gasteiger partial charge in [0.25, 0.3) is 0 Å². The van der Waals surface area contributed by atoms with Crippen LogP contribution >= 0.6 is 11.6 Å². The SMILES string of the molecule is CC(c1cccc(Cl)c1)N(C)C(=O)C1CC2CCC1N2. The van der Waals surface area contributed by atoms with Gasteiger partial charge in [-0.05, 0) is 43.9 Å². The minimum Gasteiger partial charge on any atom is -0.339 e. The molecule has 108 valence electrons. The summed E-state index contributed by atoms with van der Waals surface area (Å²) in [6.45, 7) is 2.06. The number of benzene rings is 1. The van der Waals surface area contributed by atoms with Gasteiger partial charge < -0.3 is 10.2 Å². The molecule has 2 aliphatic heterocycles. The summed E-state index contributed by atoms with van der Waals surface area (Å²) in [5.74, 6) is 0.414. The van der Waals surface area contributed by atoms with Crippen molar-refractivity contribution in [2.24, 2.45) is 5.92 Å². The summed E-state index contributed by atoms with van der Waals surface area (Å²) in [4.78, 5) is 14.6. The second kappa shape index (κ2) is 5.38. The zero-order valence-electron chi connectivity index (χ0n) is 12.0. The third-order valence-electron chi connectivity index (χ3n) is 4.88. The summed E-state index contributed by atoms with van der Waals surface area (Å²) in [5.41, 5.74) is 1.09. The number of hydrogen-bond donors (Lipinski definition) is 1. The van der Waals surface area contributed by atoms with E-state index in [1.165, 1.54) is 6.42 Å². The van der Waals surface area contributed by atoms with Gasteiger partial charge in [0.2, 0.25) is 5.91 Å². The Balaban J connectivity index is 1.72. The van der Waals surface area contributed by atoms with E-state index in [0.717, 1.165) is 23.4 Å². The number of nitrogens with zero attached hydrogens (tertiary/aromatic N) is 1. The lowest BCUT2D eigenvalue weighted by Crippen LogP contribution is -2.40. The first-order valence-electron chi connectivity index (χ1n) is 7.34. The zero-order chi connectivity index (χ0) is 14.3. The smallest absolute Gasteiger partial charge is 0.227 e. The van der Waals surface area contributed by atoms with Gasteiger partial charge in [-0.15, -0.1) is 0 Å². The van der Waals surface area contributed by atoms with Crippen LogP contribution in [-0.4, -0.2) is 29.9 Å². The molecule has 3 rings (SSSR count). The van der Waals surface area contributed by atoms with E-state index in [1.807, 2.05) is 36.2 Å². The summed E-state index contributed by atoms with van der Waals surface area (Å²) in [7, 11) is 1.90. The number of rotatable bonds is 3. The van der Waals surface area contributed by atoms with E-state index in [1.54, 1.807) is 0 Å². The van der Waals surface area contributed by atoms with Crippen molar-refractivity contribution in [3.05, 3.63) is 34.9 Å². The van der Waals surface area contributed by atoms with E-state index in [4.69, 9.17) is 11.6 Å². The maximum Gasteiger partial charge on any atom is 0.227 e. The molecule has 1 aromatic rings. The van der Waals surface area contributed by atoms with Crippen molar-refractivity contribution in [3.8, 4) is 0 Å². The first-order valence-corrected chi connectivity index (χ1v) is 7.72. The molecule has 4 atom stereocenters. The second-order valence-corrected chi connectivity index (χ2v) is 6.51. The van der Waals surface area contributed by atoms with Crippen LogP contribution in [0.4, 0.5) is 0 Å². The molecule has 0 aromatic heterocycles. The molecule has 2 aliphatic rings. The van der Waals surface area contributed by atoms with Crippen molar-refractivity contribution in [3.63, 3.8) is 0 Å². The molecule has 0 spiro atoms. The topological polar surface area (TPSA) is 32.3 Å². The maximum absolute atomic E-state index is 12.7. The fraction of sp³-hybridized carbons (Fsp3) is 0.562. The van der Waals surface area contributed by atoms with E-state index in [0.29, 0.717) is 12.1 Å². The number of halogens is 1. The summed E-state index contributed by atoms with van der Waals surface area (Å²) < 4.78 is 0. The fourth-order valence-corrected chi connectivity index (χ4v) is 3.74. The van der Waals surface area contributed by atoms with Gasteiger partial charge in [0.05, 0.1) is 12.0 Å². The standard InChI is InChI=1S/C16H21ClN2O/c1-10(11-4-3-5-12(17)8-11)19(2)16(20)14-9-13-6-7-15(14)18-13/h3-5,8,10,13-15,18H,6-7,9H2,1-2H3. The molecule has 4 heteroatoms. The van der Waals surface area contributed by atoms with Crippen molar-refractivity contribution in [2.45, 2.75) is 44.3 Å². The van der Waals surface area contributed by atoms with Crippen LogP contribution < -0.4 is 5.32 Å². The molecular weight excluding hydrogens is 272 g/mol. The molecule has 2 heterocycles. The van der Waals surface area contributed by atoms with Crippen LogP contribution in [0, 0.1) is 5.92 Å². The fourth-order valence-electron chi connectivity index (χ4n) is 3.54. The number of hydrogen-bond acceptors (Lipinski definition) is 2. The highest BCUT2D eigenvalue weighted by Gasteiger charge is 2.44. The predicted octanol–water partition coefficient (Wildman–Crippen LogP) is 3.00. The van der Waals surface area contributed by atoms with E-state index >= 15 is 0 Å². The first-order chi connectivity index (χ1) is 9.56. The highest BCUT2D eigenvalue weighted by Crippen LogP contribution is 2.35. The van der Waals surface area contributed by atoms with Gasteiger partial charge >= 0.3 is 0 Å². The van der Waals surface area contributed by atoms with Crippen LogP contribution in [0.2, 0.25) is 5.02 Å². The third-order valence-corrected chi connectivity index (χ3v) is 5.11. The van der Waals surface area contributed by atoms with Gasteiger partial charge in [0.15, 0.2) is 0 Å². The Labute approximate surface area is 125 Å². The minimum absolute atomic E-state index is 0.0559. The van der Waals surface area contributed by atoms with E-state index in [9.17, 15) is 4.79 Å². The summed E-state index contributed by atoms with van der Waals surface area (Å²) >= 11 is 6.04. The van der Waals surface area contributed by atoms with E-state index in [2.05, 4.69) is 12.2 Å². The number of amides is 1. The molecule has 0 aliphatic carbocycles. The second-order valence-electron chi connectivity index (χ2n) is 6.07. The van der Waals surface area contributed by atoms with E-state index in [-0.39, 0.29) is 17.9 Å². The molecule has 2 saturated heterocycles. The Morgan fingerprint density at radius 3 is 2.85 bits per heavy atom. The van der Waals surface area contributed by atoms with Crippen molar-refractivity contribution in [1.29, 1.82) is 0 Å². The number of carbonyl (C=O) groups excluding carboxylic acids is 1. The van der Waals surface area contributed by atoms with Crippen LogP contribution in [0.25, 0.3) is 0 Å². The van der Waals surface area contributed by atoms with Gasteiger partial charge in [-0.1, -0.05) is 23.7 Å². The summed E-state index contributed by atoms with van der Waals surface area (Å²) in [6.07, 6.45) is 3.36. The monoisotopic (exact) mass is 292 g/mol. The van der Waals surface area contributed by atoms with Gasteiger partial charge in [0.1, 0.15) is 0 Å². The van der Waals surface area contributed by atoms with Gasteiger partial charge in [-0.2, -0.15) is 0 Å². The van der Waals surface area contributed by atoms with Gasteiger partial charge in [-0.3, -0.25) is 4.79 Å². The number of carbonyl (C=O) groups is 1. The molecule has 1 amide bonds. The Morgan fingerprint density at radius 2 is 2.25 bits per heavy atom. The van der Waals surface area contributed by atoms with E-state index < -0.39 is 0 Å². The normalized spacial score (nSPS) is 29.4. The number of fused-ring (bicyclic) bond motifs is 2. The van der Waals surface area contributed by atoms with Crippen LogP contribution in [0.5, 0.6) is 0 Å². The third kappa shape index (κ3) is 2.45.